The maximum atomic E-state index is 11.7. The van der Waals surface area contributed by atoms with Crippen LogP contribution in [0.2, 0.25) is 5.15 Å². The second-order valence-corrected chi connectivity index (χ2v) is 3.93. The maximum absolute atomic E-state index is 11.7. The Hall–Kier alpha value is -1.36. The molecule has 17 heavy (non-hydrogen) atoms. The van der Waals surface area contributed by atoms with Gasteiger partial charge in [-0.1, -0.05) is 11.6 Å². The molecule has 94 valence electrons. The van der Waals surface area contributed by atoms with E-state index < -0.39 is 0 Å². The number of halogens is 1. The number of likely N-dealkylation sites (N-methyl/N-ethyl adjacent to an activating group) is 1. The Morgan fingerprint density at radius 2 is 2.06 bits per heavy atom. The third-order valence-corrected chi connectivity index (χ3v) is 2.54. The standard InChI is InChI=1S/C11H17ClN4O/c1-4-16(5-2)11(17)7-13-10-6-9(12)14-8(3)15-10/h6H,4-5,7H2,1-3H3,(H,13,14,15). The lowest BCUT2D eigenvalue weighted by Gasteiger charge is -2.18. The lowest BCUT2D eigenvalue weighted by atomic mass is 10.4. The number of aryl methyl sites for hydroxylation is 1. The summed E-state index contributed by atoms with van der Waals surface area (Å²) in [7, 11) is 0. The second-order valence-electron chi connectivity index (χ2n) is 3.54. The lowest BCUT2D eigenvalue weighted by Crippen LogP contribution is -2.35. The van der Waals surface area contributed by atoms with Gasteiger partial charge in [0.05, 0.1) is 6.54 Å². The van der Waals surface area contributed by atoms with Crippen molar-refractivity contribution in [3.8, 4) is 0 Å². The van der Waals surface area contributed by atoms with Crippen molar-refractivity contribution in [2.45, 2.75) is 20.8 Å². The zero-order chi connectivity index (χ0) is 12.8. The first-order valence-corrected chi connectivity index (χ1v) is 5.97. The van der Waals surface area contributed by atoms with Crippen LogP contribution in [0.3, 0.4) is 0 Å². The molecule has 1 rings (SSSR count). The molecule has 6 heteroatoms. The summed E-state index contributed by atoms with van der Waals surface area (Å²) in [4.78, 5) is 21.6. The molecule has 0 aliphatic carbocycles. The zero-order valence-corrected chi connectivity index (χ0v) is 11.1. The van der Waals surface area contributed by atoms with Gasteiger partial charge < -0.3 is 10.2 Å². The monoisotopic (exact) mass is 256 g/mol. The fraction of sp³-hybridized carbons (Fsp3) is 0.545. The van der Waals surface area contributed by atoms with Gasteiger partial charge in [-0.15, -0.1) is 0 Å². The number of carbonyl (C=O) groups is 1. The molecule has 1 heterocycles. The number of hydrogen-bond acceptors (Lipinski definition) is 4. The molecule has 0 spiro atoms. The van der Waals surface area contributed by atoms with Crippen LogP contribution in [0.5, 0.6) is 0 Å². The molecule has 1 N–H and O–H groups in total. The van der Waals surface area contributed by atoms with E-state index in [-0.39, 0.29) is 12.5 Å². The van der Waals surface area contributed by atoms with Crippen molar-refractivity contribution in [2.24, 2.45) is 0 Å². The molecule has 0 saturated heterocycles. The number of rotatable bonds is 5. The quantitative estimate of drug-likeness (QED) is 0.815. The lowest BCUT2D eigenvalue weighted by molar-refractivity contribution is -0.128. The van der Waals surface area contributed by atoms with Gasteiger partial charge in [0.25, 0.3) is 0 Å². The Balaban J connectivity index is 2.58. The van der Waals surface area contributed by atoms with Crippen molar-refractivity contribution < 1.29 is 4.79 Å². The SMILES string of the molecule is CCN(CC)C(=O)CNc1cc(Cl)nc(C)n1. The third kappa shape index (κ3) is 4.19. The number of nitrogens with zero attached hydrogens (tertiary/aromatic N) is 3. The number of carbonyl (C=O) groups excluding carboxylic acids is 1. The first-order chi connectivity index (χ1) is 8.06. The second kappa shape index (κ2) is 6.39. The van der Waals surface area contributed by atoms with Gasteiger partial charge in [0.2, 0.25) is 5.91 Å². The van der Waals surface area contributed by atoms with Crippen molar-refractivity contribution in [3.63, 3.8) is 0 Å². The van der Waals surface area contributed by atoms with E-state index in [4.69, 9.17) is 11.6 Å². The number of nitrogens with one attached hydrogen (secondary N) is 1. The molecule has 5 nitrogen and oxygen atoms in total. The van der Waals surface area contributed by atoms with Crippen molar-refractivity contribution in [1.29, 1.82) is 0 Å². The Kier molecular flexibility index (Phi) is 5.15. The molecule has 0 bridgehead atoms. The van der Waals surface area contributed by atoms with Crippen molar-refractivity contribution in [3.05, 3.63) is 17.0 Å². The van der Waals surface area contributed by atoms with Crippen LogP contribution >= 0.6 is 11.6 Å². The van der Waals surface area contributed by atoms with Gasteiger partial charge in [-0.2, -0.15) is 0 Å². The summed E-state index contributed by atoms with van der Waals surface area (Å²) in [6.45, 7) is 7.29. The molecule has 0 aliphatic heterocycles. The highest BCUT2D eigenvalue weighted by Gasteiger charge is 2.09. The van der Waals surface area contributed by atoms with Gasteiger partial charge in [0.15, 0.2) is 0 Å². The summed E-state index contributed by atoms with van der Waals surface area (Å²) in [6.07, 6.45) is 0. The first kappa shape index (κ1) is 13.7. The van der Waals surface area contributed by atoms with Crippen LogP contribution < -0.4 is 5.32 Å². The van der Waals surface area contributed by atoms with Crippen molar-refractivity contribution in [2.75, 3.05) is 25.0 Å². The van der Waals surface area contributed by atoms with Crippen LogP contribution in [0.1, 0.15) is 19.7 Å². The summed E-state index contributed by atoms with van der Waals surface area (Å²) in [5.41, 5.74) is 0. The van der Waals surface area contributed by atoms with Crippen molar-refractivity contribution >= 4 is 23.3 Å². The van der Waals surface area contributed by atoms with E-state index in [2.05, 4.69) is 15.3 Å². The molecule has 0 aromatic carbocycles. The molecule has 0 atom stereocenters. The van der Waals surface area contributed by atoms with Crippen LogP contribution in [-0.2, 0) is 4.79 Å². The summed E-state index contributed by atoms with van der Waals surface area (Å²) < 4.78 is 0. The van der Waals surface area contributed by atoms with Crippen LogP contribution in [-0.4, -0.2) is 40.4 Å². The predicted octanol–water partition coefficient (Wildman–Crippen LogP) is 1.72. The van der Waals surface area contributed by atoms with Gasteiger partial charge in [-0.3, -0.25) is 4.79 Å². The minimum absolute atomic E-state index is 0.0439. The Morgan fingerprint density at radius 3 is 2.59 bits per heavy atom. The molecular formula is C11H17ClN4O. The molecule has 0 saturated carbocycles. The van der Waals surface area contributed by atoms with E-state index in [9.17, 15) is 4.79 Å². The maximum Gasteiger partial charge on any atom is 0.241 e. The molecule has 0 unspecified atom stereocenters. The van der Waals surface area contributed by atoms with Crippen LogP contribution in [0.25, 0.3) is 0 Å². The molecular weight excluding hydrogens is 240 g/mol. The van der Waals surface area contributed by atoms with E-state index in [0.29, 0.717) is 29.9 Å². The van der Waals surface area contributed by atoms with Crippen molar-refractivity contribution in [1.82, 2.24) is 14.9 Å². The van der Waals surface area contributed by atoms with Gasteiger partial charge in [-0.25, -0.2) is 9.97 Å². The summed E-state index contributed by atoms with van der Waals surface area (Å²) in [5.74, 6) is 1.20. The van der Waals surface area contributed by atoms with Gasteiger partial charge in [0.1, 0.15) is 16.8 Å². The van der Waals surface area contributed by atoms with E-state index in [1.165, 1.54) is 0 Å². The molecule has 1 aromatic heterocycles. The molecule has 1 aromatic rings. The molecule has 0 aliphatic rings. The van der Waals surface area contributed by atoms with Gasteiger partial charge in [-0.05, 0) is 20.8 Å². The van der Waals surface area contributed by atoms with Crippen LogP contribution in [0, 0.1) is 6.92 Å². The topological polar surface area (TPSA) is 58.1 Å². The fourth-order valence-electron chi connectivity index (χ4n) is 1.48. The average molecular weight is 257 g/mol. The fourth-order valence-corrected chi connectivity index (χ4v) is 1.70. The van der Waals surface area contributed by atoms with Crippen LogP contribution in [0.4, 0.5) is 5.82 Å². The summed E-state index contributed by atoms with van der Waals surface area (Å²) >= 11 is 5.80. The summed E-state index contributed by atoms with van der Waals surface area (Å²) in [5, 5.41) is 3.32. The third-order valence-electron chi connectivity index (χ3n) is 2.34. The predicted molar refractivity (Wildman–Crippen MR) is 68.2 cm³/mol. The van der Waals surface area contributed by atoms with Gasteiger partial charge in [0, 0.05) is 19.2 Å². The smallest absolute Gasteiger partial charge is 0.241 e. The normalized spacial score (nSPS) is 10.1. The average Bonchev–Trinajstić information content (AvgIpc) is 2.27. The zero-order valence-electron chi connectivity index (χ0n) is 10.3. The molecule has 1 amide bonds. The highest BCUT2D eigenvalue weighted by atomic mass is 35.5. The van der Waals surface area contributed by atoms with Gasteiger partial charge >= 0.3 is 0 Å². The van der Waals surface area contributed by atoms with E-state index in [0.717, 1.165) is 0 Å². The number of hydrogen-bond donors (Lipinski definition) is 1. The molecule has 0 fully saturated rings. The first-order valence-electron chi connectivity index (χ1n) is 5.59. The summed E-state index contributed by atoms with van der Waals surface area (Å²) in [6, 6.07) is 1.60. The largest absolute Gasteiger partial charge is 0.361 e. The van der Waals surface area contributed by atoms with E-state index >= 15 is 0 Å². The highest BCUT2D eigenvalue weighted by molar-refractivity contribution is 6.29. The van der Waals surface area contributed by atoms with Crippen LogP contribution in [0.15, 0.2) is 6.07 Å². The number of anilines is 1. The van der Waals surface area contributed by atoms with E-state index in [1.54, 1.807) is 17.9 Å². The minimum Gasteiger partial charge on any atom is -0.361 e. The Morgan fingerprint density at radius 1 is 1.41 bits per heavy atom. The Labute approximate surface area is 106 Å². The molecule has 0 radical (unpaired) electrons. The highest BCUT2D eigenvalue weighted by Crippen LogP contribution is 2.10. The Bertz CT molecular complexity index is 373. The number of aromatic nitrogens is 2. The number of amides is 1. The van der Waals surface area contributed by atoms with E-state index in [1.807, 2.05) is 13.8 Å². The minimum atomic E-state index is 0.0439.